The predicted molar refractivity (Wildman–Crippen MR) is 105 cm³/mol. The highest BCUT2D eigenvalue weighted by Crippen LogP contribution is 2.27. The molecule has 27 heavy (non-hydrogen) atoms. The van der Waals surface area contributed by atoms with Gasteiger partial charge in [0.2, 0.25) is 0 Å². The monoisotopic (exact) mass is 387 g/mol. The average molecular weight is 388 g/mol. The summed E-state index contributed by atoms with van der Waals surface area (Å²) >= 11 is 6.22. The zero-order chi connectivity index (χ0) is 19.2. The fraction of sp³-hybridized carbons (Fsp3) is 0.350. The van der Waals surface area contributed by atoms with E-state index in [1.54, 1.807) is 36.5 Å². The number of halogens is 1. The molecule has 0 atom stereocenters. The number of hydrogen-bond donors (Lipinski definition) is 2. The summed E-state index contributed by atoms with van der Waals surface area (Å²) in [5.41, 5.74) is 1.92. The summed E-state index contributed by atoms with van der Waals surface area (Å²) in [6, 6.07) is 8.44. The number of aromatic nitrogens is 1. The largest absolute Gasteiger partial charge is 0.465 e. The van der Waals surface area contributed by atoms with E-state index < -0.39 is 5.97 Å². The Morgan fingerprint density at radius 1 is 1.15 bits per heavy atom. The number of hydrogen-bond acceptors (Lipinski definition) is 5. The Balaban J connectivity index is 1.74. The number of esters is 1. The van der Waals surface area contributed by atoms with Crippen LogP contribution in [-0.4, -0.2) is 30.0 Å². The molecule has 1 aromatic carbocycles. The standard InChI is InChI=1S/C20H22ClN3O3/c1-27-20(26)13-7-8-16(21)17(11-13)23-15-9-10-22-18(12-15)19(25)24-14-5-3-2-4-6-14/h7-12,14H,2-6H2,1H3,(H,22,23)(H,24,25). The van der Waals surface area contributed by atoms with Crippen molar-refractivity contribution >= 4 is 34.9 Å². The number of nitrogens with one attached hydrogen (secondary N) is 2. The maximum absolute atomic E-state index is 12.5. The van der Waals surface area contributed by atoms with Crippen LogP contribution in [0.1, 0.15) is 53.0 Å². The van der Waals surface area contributed by atoms with Crippen LogP contribution in [-0.2, 0) is 4.74 Å². The van der Waals surface area contributed by atoms with Gasteiger partial charge in [0.25, 0.3) is 5.91 Å². The van der Waals surface area contributed by atoms with Gasteiger partial charge in [-0.25, -0.2) is 4.79 Å². The second-order valence-corrected chi connectivity index (χ2v) is 6.96. The van der Waals surface area contributed by atoms with Gasteiger partial charge in [-0.1, -0.05) is 30.9 Å². The summed E-state index contributed by atoms with van der Waals surface area (Å²) in [5.74, 6) is -0.628. The average Bonchev–Trinajstić information content (AvgIpc) is 2.70. The molecule has 0 unspecified atom stereocenters. The summed E-state index contributed by atoms with van der Waals surface area (Å²) in [6.07, 6.45) is 7.12. The van der Waals surface area contributed by atoms with Crippen LogP contribution in [0.5, 0.6) is 0 Å². The summed E-state index contributed by atoms with van der Waals surface area (Å²) in [6.45, 7) is 0. The molecule has 1 aromatic heterocycles. The minimum atomic E-state index is -0.447. The van der Waals surface area contributed by atoms with E-state index in [0.29, 0.717) is 27.7 Å². The van der Waals surface area contributed by atoms with Crippen LogP contribution in [0, 0.1) is 0 Å². The normalized spacial score (nSPS) is 14.4. The molecule has 2 aromatic rings. The summed E-state index contributed by atoms with van der Waals surface area (Å²) < 4.78 is 4.73. The number of benzene rings is 1. The zero-order valence-electron chi connectivity index (χ0n) is 15.1. The number of methoxy groups -OCH3 is 1. The second kappa shape index (κ2) is 8.86. The minimum Gasteiger partial charge on any atom is -0.465 e. The molecule has 0 saturated heterocycles. The van der Waals surface area contributed by atoms with Crippen LogP contribution in [0.3, 0.4) is 0 Å². The Kier molecular flexibility index (Phi) is 6.29. The molecule has 1 aliphatic carbocycles. The number of carbonyl (C=O) groups is 2. The van der Waals surface area contributed by atoms with Crippen molar-refractivity contribution in [2.45, 2.75) is 38.1 Å². The highest BCUT2D eigenvalue weighted by molar-refractivity contribution is 6.33. The first-order chi connectivity index (χ1) is 13.1. The molecular weight excluding hydrogens is 366 g/mol. The van der Waals surface area contributed by atoms with E-state index in [0.717, 1.165) is 25.7 Å². The first-order valence-electron chi connectivity index (χ1n) is 8.98. The molecule has 1 saturated carbocycles. The second-order valence-electron chi connectivity index (χ2n) is 6.55. The van der Waals surface area contributed by atoms with E-state index in [1.807, 2.05) is 0 Å². The van der Waals surface area contributed by atoms with Gasteiger partial charge < -0.3 is 15.4 Å². The fourth-order valence-corrected chi connectivity index (χ4v) is 3.32. The number of anilines is 2. The number of ether oxygens (including phenoxy) is 1. The molecule has 1 fully saturated rings. The van der Waals surface area contributed by atoms with Gasteiger partial charge in [0.1, 0.15) is 5.69 Å². The Morgan fingerprint density at radius 2 is 1.93 bits per heavy atom. The number of carbonyl (C=O) groups excluding carboxylic acids is 2. The van der Waals surface area contributed by atoms with E-state index in [1.165, 1.54) is 13.5 Å². The van der Waals surface area contributed by atoms with E-state index in [4.69, 9.17) is 16.3 Å². The molecule has 0 aliphatic heterocycles. The first kappa shape index (κ1) is 19.2. The molecule has 0 bridgehead atoms. The number of nitrogens with zero attached hydrogens (tertiary/aromatic N) is 1. The lowest BCUT2D eigenvalue weighted by atomic mass is 9.95. The summed E-state index contributed by atoms with van der Waals surface area (Å²) in [7, 11) is 1.32. The number of rotatable bonds is 5. The van der Waals surface area contributed by atoms with Crippen LogP contribution in [0.15, 0.2) is 36.5 Å². The van der Waals surface area contributed by atoms with E-state index in [-0.39, 0.29) is 11.9 Å². The topological polar surface area (TPSA) is 80.3 Å². The lowest BCUT2D eigenvalue weighted by Gasteiger charge is -2.22. The van der Waals surface area contributed by atoms with Crippen molar-refractivity contribution in [1.29, 1.82) is 0 Å². The molecule has 7 heteroatoms. The van der Waals surface area contributed by atoms with Crippen LogP contribution >= 0.6 is 11.6 Å². The fourth-order valence-electron chi connectivity index (χ4n) is 3.16. The highest BCUT2D eigenvalue weighted by Gasteiger charge is 2.17. The number of pyridine rings is 1. The molecule has 1 heterocycles. The van der Waals surface area contributed by atoms with Gasteiger partial charge in [0.05, 0.1) is 23.4 Å². The van der Waals surface area contributed by atoms with E-state index in [2.05, 4.69) is 15.6 Å². The third-order valence-electron chi connectivity index (χ3n) is 4.60. The van der Waals surface area contributed by atoms with Gasteiger partial charge in [-0.3, -0.25) is 9.78 Å². The molecule has 1 amide bonds. The molecule has 0 radical (unpaired) electrons. The molecule has 0 spiro atoms. The van der Waals surface area contributed by atoms with E-state index >= 15 is 0 Å². The predicted octanol–water partition coefficient (Wildman–Crippen LogP) is 4.33. The molecule has 6 nitrogen and oxygen atoms in total. The third-order valence-corrected chi connectivity index (χ3v) is 4.93. The highest BCUT2D eigenvalue weighted by atomic mass is 35.5. The van der Waals surface area contributed by atoms with Gasteiger partial charge in [-0.2, -0.15) is 0 Å². The van der Waals surface area contributed by atoms with Gasteiger partial charge in [-0.05, 0) is 43.2 Å². The smallest absolute Gasteiger partial charge is 0.337 e. The van der Waals surface area contributed by atoms with Crippen molar-refractivity contribution in [2.24, 2.45) is 0 Å². The quantitative estimate of drug-likeness (QED) is 0.746. The van der Waals surface area contributed by atoms with Gasteiger partial charge >= 0.3 is 5.97 Å². The van der Waals surface area contributed by atoms with Gasteiger partial charge in [0, 0.05) is 17.9 Å². The summed E-state index contributed by atoms with van der Waals surface area (Å²) in [5, 5.41) is 6.64. The lowest BCUT2D eigenvalue weighted by molar-refractivity contribution is 0.0600. The summed E-state index contributed by atoms with van der Waals surface area (Å²) in [4.78, 5) is 28.4. The Morgan fingerprint density at radius 3 is 2.67 bits per heavy atom. The maximum atomic E-state index is 12.5. The zero-order valence-corrected chi connectivity index (χ0v) is 15.9. The Bertz CT molecular complexity index is 835. The third kappa shape index (κ3) is 4.98. The molecule has 2 N–H and O–H groups in total. The number of amides is 1. The molecule has 1 aliphatic rings. The maximum Gasteiger partial charge on any atom is 0.337 e. The van der Waals surface area contributed by atoms with Crippen molar-refractivity contribution in [3.63, 3.8) is 0 Å². The first-order valence-corrected chi connectivity index (χ1v) is 9.36. The van der Waals surface area contributed by atoms with Crippen molar-refractivity contribution in [1.82, 2.24) is 10.3 Å². The molecule has 142 valence electrons. The van der Waals surface area contributed by atoms with Crippen LogP contribution in [0.25, 0.3) is 0 Å². The Labute approximate surface area is 163 Å². The molecule has 3 rings (SSSR count). The van der Waals surface area contributed by atoms with Crippen LogP contribution in [0.4, 0.5) is 11.4 Å². The van der Waals surface area contributed by atoms with Gasteiger partial charge in [0.15, 0.2) is 0 Å². The lowest BCUT2D eigenvalue weighted by Crippen LogP contribution is -2.36. The van der Waals surface area contributed by atoms with Crippen LogP contribution in [0.2, 0.25) is 5.02 Å². The van der Waals surface area contributed by atoms with Crippen LogP contribution < -0.4 is 10.6 Å². The van der Waals surface area contributed by atoms with Crippen molar-refractivity contribution < 1.29 is 14.3 Å². The van der Waals surface area contributed by atoms with Gasteiger partial charge in [-0.15, -0.1) is 0 Å². The van der Waals surface area contributed by atoms with Crippen molar-refractivity contribution in [3.8, 4) is 0 Å². The SMILES string of the molecule is COC(=O)c1ccc(Cl)c(Nc2ccnc(C(=O)NC3CCCCC3)c2)c1. The van der Waals surface area contributed by atoms with E-state index in [9.17, 15) is 9.59 Å². The Hall–Kier alpha value is -2.60. The van der Waals surface area contributed by atoms with Crippen molar-refractivity contribution in [3.05, 3.63) is 52.8 Å². The van der Waals surface area contributed by atoms with Crippen molar-refractivity contribution in [2.75, 3.05) is 12.4 Å². The molecular formula is C20H22ClN3O3. The minimum absolute atomic E-state index is 0.181.